The van der Waals surface area contributed by atoms with Gasteiger partial charge in [-0.2, -0.15) is 0 Å². The van der Waals surface area contributed by atoms with Crippen LogP contribution in [-0.4, -0.2) is 18.1 Å². The highest BCUT2D eigenvalue weighted by molar-refractivity contribution is 5.73. The van der Waals surface area contributed by atoms with Crippen LogP contribution in [0.3, 0.4) is 0 Å². The van der Waals surface area contributed by atoms with E-state index in [1.165, 1.54) is 5.56 Å². The molecule has 0 spiro atoms. The highest BCUT2D eigenvalue weighted by atomic mass is 16.3. The molecule has 102 valence electrons. The summed E-state index contributed by atoms with van der Waals surface area (Å²) < 4.78 is 6.06. The van der Waals surface area contributed by atoms with Gasteiger partial charge in [0.05, 0.1) is 0 Å². The van der Waals surface area contributed by atoms with Crippen LogP contribution in [0.25, 0.3) is 11.1 Å². The summed E-state index contributed by atoms with van der Waals surface area (Å²) in [4.78, 5) is 4.79. The van der Waals surface area contributed by atoms with Crippen molar-refractivity contribution in [3.05, 3.63) is 29.7 Å². The summed E-state index contributed by atoms with van der Waals surface area (Å²) in [7, 11) is 0. The van der Waals surface area contributed by atoms with Crippen molar-refractivity contribution in [2.75, 3.05) is 13.1 Å². The Kier molecular flexibility index (Phi) is 3.31. The third-order valence-corrected chi connectivity index (χ3v) is 4.55. The standard InChI is InChI=1S/C16H22N2O/c1-3-12-5-6-14-13(11-12)18-15(19-14)16(4-2)7-9-17-10-8-16/h5-6,11,17H,3-4,7-10H2,1-2H3. The molecule has 0 bridgehead atoms. The van der Waals surface area contributed by atoms with Crippen LogP contribution in [-0.2, 0) is 11.8 Å². The van der Waals surface area contributed by atoms with Crippen LogP contribution in [0.1, 0.15) is 44.6 Å². The minimum atomic E-state index is 0.136. The molecule has 0 radical (unpaired) electrons. The largest absolute Gasteiger partial charge is 0.440 e. The third kappa shape index (κ3) is 2.16. The van der Waals surface area contributed by atoms with Gasteiger partial charge in [0.25, 0.3) is 0 Å². The van der Waals surface area contributed by atoms with E-state index in [0.29, 0.717) is 0 Å². The van der Waals surface area contributed by atoms with Gasteiger partial charge >= 0.3 is 0 Å². The molecular weight excluding hydrogens is 236 g/mol. The van der Waals surface area contributed by atoms with E-state index in [4.69, 9.17) is 9.40 Å². The lowest BCUT2D eigenvalue weighted by molar-refractivity contribution is 0.243. The molecule has 2 heterocycles. The summed E-state index contributed by atoms with van der Waals surface area (Å²) in [6.45, 7) is 6.54. The molecule has 1 aliphatic rings. The minimum absolute atomic E-state index is 0.136. The van der Waals surface area contributed by atoms with Gasteiger partial charge in [-0.05, 0) is 56.5 Å². The number of nitrogens with zero attached hydrogens (tertiary/aromatic N) is 1. The first-order chi connectivity index (χ1) is 9.27. The number of rotatable bonds is 3. The minimum Gasteiger partial charge on any atom is -0.440 e. The van der Waals surface area contributed by atoms with E-state index >= 15 is 0 Å². The number of nitrogens with one attached hydrogen (secondary N) is 1. The van der Waals surface area contributed by atoms with E-state index < -0.39 is 0 Å². The summed E-state index contributed by atoms with van der Waals surface area (Å²) in [5.41, 5.74) is 3.40. The van der Waals surface area contributed by atoms with Gasteiger partial charge in [0.1, 0.15) is 5.52 Å². The predicted octanol–water partition coefficient (Wildman–Crippen LogP) is 3.42. The fourth-order valence-electron chi connectivity index (χ4n) is 3.04. The molecule has 0 aliphatic carbocycles. The second-order valence-electron chi connectivity index (χ2n) is 5.56. The van der Waals surface area contributed by atoms with Crippen molar-refractivity contribution in [2.24, 2.45) is 0 Å². The van der Waals surface area contributed by atoms with Crippen molar-refractivity contribution in [3.63, 3.8) is 0 Å². The smallest absolute Gasteiger partial charge is 0.201 e. The molecule has 1 aromatic heterocycles. The van der Waals surface area contributed by atoms with Crippen molar-refractivity contribution in [2.45, 2.75) is 44.9 Å². The van der Waals surface area contributed by atoms with Crippen LogP contribution in [0.5, 0.6) is 0 Å². The maximum absolute atomic E-state index is 6.06. The zero-order valence-electron chi connectivity index (χ0n) is 11.8. The van der Waals surface area contributed by atoms with Crippen LogP contribution in [0.15, 0.2) is 22.6 Å². The summed E-state index contributed by atoms with van der Waals surface area (Å²) in [6, 6.07) is 6.36. The molecule has 0 saturated carbocycles. The fourth-order valence-corrected chi connectivity index (χ4v) is 3.04. The van der Waals surface area contributed by atoms with Crippen molar-refractivity contribution in [3.8, 4) is 0 Å². The average molecular weight is 258 g/mol. The number of benzene rings is 1. The maximum atomic E-state index is 6.06. The first-order valence-corrected chi connectivity index (χ1v) is 7.38. The fraction of sp³-hybridized carbons (Fsp3) is 0.562. The van der Waals surface area contributed by atoms with Crippen LogP contribution < -0.4 is 5.32 Å². The maximum Gasteiger partial charge on any atom is 0.201 e. The van der Waals surface area contributed by atoms with Gasteiger partial charge in [-0.15, -0.1) is 0 Å². The highest BCUT2D eigenvalue weighted by Crippen LogP contribution is 2.37. The second kappa shape index (κ2) is 4.97. The Labute approximate surface area is 114 Å². The Hall–Kier alpha value is -1.35. The Balaban J connectivity index is 2.03. The average Bonchev–Trinajstić information content (AvgIpc) is 2.91. The number of fused-ring (bicyclic) bond motifs is 1. The van der Waals surface area contributed by atoms with E-state index in [0.717, 1.165) is 55.8 Å². The van der Waals surface area contributed by atoms with Crippen molar-refractivity contribution < 1.29 is 4.42 Å². The van der Waals surface area contributed by atoms with Gasteiger partial charge in [0.2, 0.25) is 5.89 Å². The molecule has 1 saturated heterocycles. The highest BCUT2D eigenvalue weighted by Gasteiger charge is 2.36. The molecule has 1 fully saturated rings. The zero-order valence-corrected chi connectivity index (χ0v) is 11.8. The van der Waals surface area contributed by atoms with Crippen molar-refractivity contribution in [1.29, 1.82) is 0 Å². The van der Waals surface area contributed by atoms with E-state index in [1.54, 1.807) is 0 Å². The first-order valence-electron chi connectivity index (χ1n) is 7.38. The third-order valence-electron chi connectivity index (χ3n) is 4.55. The van der Waals surface area contributed by atoms with Gasteiger partial charge in [0.15, 0.2) is 5.58 Å². The van der Waals surface area contributed by atoms with Gasteiger partial charge in [0, 0.05) is 5.41 Å². The molecule has 1 N–H and O–H groups in total. The molecule has 1 aliphatic heterocycles. The summed E-state index contributed by atoms with van der Waals surface area (Å²) >= 11 is 0. The van der Waals surface area contributed by atoms with Crippen LogP contribution >= 0.6 is 0 Å². The van der Waals surface area contributed by atoms with Crippen LogP contribution in [0.2, 0.25) is 0 Å². The number of hydrogen-bond acceptors (Lipinski definition) is 3. The summed E-state index contributed by atoms with van der Waals surface area (Å²) in [5, 5.41) is 3.43. The van der Waals surface area contributed by atoms with Gasteiger partial charge < -0.3 is 9.73 Å². The Morgan fingerprint density at radius 1 is 1.26 bits per heavy atom. The lowest BCUT2D eigenvalue weighted by Gasteiger charge is -2.33. The number of aryl methyl sites for hydroxylation is 1. The second-order valence-corrected chi connectivity index (χ2v) is 5.56. The predicted molar refractivity (Wildman–Crippen MR) is 77.5 cm³/mol. The Bertz CT molecular complexity index is 567. The first kappa shape index (κ1) is 12.7. The van der Waals surface area contributed by atoms with E-state index in [-0.39, 0.29) is 5.41 Å². The molecule has 1 aromatic carbocycles. The lowest BCUT2D eigenvalue weighted by atomic mass is 9.76. The van der Waals surface area contributed by atoms with Crippen LogP contribution in [0, 0.1) is 0 Å². The zero-order chi connectivity index (χ0) is 13.3. The Morgan fingerprint density at radius 2 is 2.05 bits per heavy atom. The number of piperidine rings is 1. The van der Waals surface area contributed by atoms with E-state index in [1.807, 2.05) is 0 Å². The molecule has 3 rings (SSSR count). The molecule has 2 aromatic rings. The topological polar surface area (TPSA) is 38.1 Å². The molecule has 0 amide bonds. The molecule has 3 heteroatoms. The van der Waals surface area contributed by atoms with Gasteiger partial charge in [-0.25, -0.2) is 4.98 Å². The summed E-state index contributed by atoms with van der Waals surface area (Å²) in [6.07, 6.45) is 4.39. The van der Waals surface area contributed by atoms with Crippen molar-refractivity contribution >= 4 is 11.1 Å². The molecule has 3 nitrogen and oxygen atoms in total. The number of aromatic nitrogens is 1. The molecular formula is C16H22N2O. The van der Waals surface area contributed by atoms with E-state index in [9.17, 15) is 0 Å². The molecule has 0 unspecified atom stereocenters. The van der Waals surface area contributed by atoms with Crippen LogP contribution in [0.4, 0.5) is 0 Å². The molecule has 19 heavy (non-hydrogen) atoms. The van der Waals surface area contributed by atoms with Crippen molar-refractivity contribution in [1.82, 2.24) is 10.3 Å². The monoisotopic (exact) mass is 258 g/mol. The van der Waals surface area contributed by atoms with E-state index in [2.05, 4.69) is 37.4 Å². The number of oxazole rings is 1. The summed E-state index contributed by atoms with van der Waals surface area (Å²) in [5.74, 6) is 0.944. The normalized spacial score (nSPS) is 18.8. The van der Waals surface area contributed by atoms with Gasteiger partial charge in [-0.3, -0.25) is 0 Å². The molecule has 0 atom stereocenters. The Morgan fingerprint density at radius 3 is 2.74 bits per heavy atom. The number of hydrogen-bond donors (Lipinski definition) is 1. The quantitative estimate of drug-likeness (QED) is 0.916. The lowest BCUT2D eigenvalue weighted by Crippen LogP contribution is -2.39. The SMILES string of the molecule is CCc1ccc2oc(C3(CC)CCNCC3)nc2c1. The van der Waals surface area contributed by atoms with Gasteiger partial charge in [-0.1, -0.05) is 19.9 Å².